The standard InChI is InChI=1S/C9H9ClN2O2/c10-8-2-1-7(14-8)9-11-3-4-12(9)5-6-13/h1-4,13H,5-6H2. The molecule has 0 aliphatic rings. The van der Waals surface area contributed by atoms with Crippen LogP contribution in [-0.2, 0) is 6.54 Å². The molecule has 0 aromatic carbocycles. The molecule has 5 heteroatoms. The molecule has 0 amide bonds. The summed E-state index contributed by atoms with van der Waals surface area (Å²) in [6.07, 6.45) is 3.43. The van der Waals surface area contributed by atoms with Crippen molar-refractivity contribution in [3.63, 3.8) is 0 Å². The fourth-order valence-electron chi connectivity index (χ4n) is 1.26. The topological polar surface area (TPSA) is 51.2 Å². The highest BCUT2D eigenvalue weighted by molar-refractivity contribution is 6.28. The van der Waals surface area contributed by atoms with Crippen LogP contribution in [0.3, 0.4) is 0 Å². The zero-order valence-corrected chi connectivity index (χ0v) is 8.11. The minimum Gasteiger partial charge on any atom is -0.441 e. The van der Waals surface area contributed by atoms with E-state index in [-0.39, 0.29) is 6.61 Å². The van der Waals surface area contributed by atoms with Crippen LogP contribution in [0.1, 0.15) is 0 Å². The average Bonchev–Trinajstić information content (AvgIpc) is 2.74. The number of hydrogen-bond donors (Lipinski definition) is 1. The van der Waals surface area contributed by atoms with Crippen LogP contribution in [0, 0.1) is 0 Å². The summed E-state index contributed by atoms with van der Waals surface area (Å²) in [4.78, 5) is 4.12. The van der Waals surface area contributed by atoms with E-state index in [0.29, 0.717) is 23.3 Å². The quantitative estimate of drug-likeness (QED) is 0.844. The first-order valence-corrected chi connectivity index (χ1v) is 4.57. The van der Waals surface area contributed by atoms with E-state index in [4.69, 9.17) is 21.1 Å². The molecule has 2 heterocycles. The third-order valence-corrected chi connectivity index (χ3v) is 2.05. The van der Waals surface area contributed by atoms with Gasteiger partial charge >= 0.3 is 0 Å². The second-order valence-electron chi connectivity index (χ2n) is 2.77. The van der Waals surface area contributed by atoms with E-state index in [0.717, 1.165) is 0 Å². The van der Waals surface area contributed by atoms with Crippen molar-refractivity contribution in [1.82, 2.24) is 9.55 Å². The third-order valence-electron chi connectivity index (χ3n) is 1.85. The van der Waals surface area contributed by atoms with Gasteiger partial charge in [0.2, 0.25) is 0 Å². The molecule has 2 aromatic heterocycles. The maximum absolute atomic E-state index is 8.81. The van der Waals surface area contributed by atoms with Gasteiger partial charge in [-0.15, -0.1) is 0 Å². The summed E-state index contributed by atoms with van der Waals surface area (Å²) in [6, 6.07) is 3.41. The van der Waals surface area contributed by atoms with Gasteiger partial charge in [0.15, 0.2) is 16.8 Å². The van der Waals surface area contributed by atoms with Crippen LogP contribution in [0.5, 0.6) is 0 Å². The predicted molar refractivity (Wildman–Crippen MR) is 52.0 cm³/mol. The monoisotopic (exact) mass is 212 g/mol. The van der Waals surface area contributed by atoms with Crippen molar-refractivity contribution in [2.75, 3.05) is 6.61 Å². The van der Waals surface area contributed by atoms with Crippen molar-refractivity contribution in [3.05, 3.63) is 29.7 Å². The summed E-state index contributed by atoms with van der Waals surface area (Å²) < 4.78 is 7.02. The Morgan fingerprint density at radius 1 is 1.50 bits per heavy atom. The number of aliphatic hydroxyl groups is 1. The molecule has 74 valence electrons. The average molecular weight is 213 g/mol. The Balaban J connectivity index is 2.36. The van der Waals surface area contributed by atoms with Crippen molar-refractivity contribution in [2.45, 2.75) is 6.54 Å². The molecule has 0 radical (unpaired) electrons. The van der Waals surface area contributed by atoms with Crippen LogP contribution in [0.15, 0.2) is 28.9 Å². The van der Waals surface area contributed by atoms with Crippen LogP contribution in [0.4, 0.5) is 0 Å². The Morgan fingerprint density at radius 2 is 2.36 bits per heavy atom. The zero-order valence-electron chi connectivity index (χ0n) is 7.35. The van der Waals surface area contributed by atoms with Gasteiger partial charge in [0.05, 0.1) is 6.61 Å². The van der Waals surface area contributed by atoms with Gasteiger partial charge in [0, 0.05) is 18.9 Å². The minimum absolute atomic E-state index is 0.0673. The molecule has 1 N–H and O–H groups in total. The molecule has 0 spiro atoms. The highest BCUT2D eigenvalue weighted by atomic mass is 35.5. The smallest absolute Gasteiger partial charge is 0.194 e. The van der Waals surface area contributed by atoms with Crippen molar-refractivity contribution in [1.29, 1.82) is 0 Å². The molecule has 0 saturated carbocycles. The second kappa shape index (κ2) is 3.86. The number of imidazole rings is 1. The number of hydrogen-bond acceptors (Lipinski definition) is 3. The summed E-state index contributed by atoms with van der Waals surface area (Å²) in [5, 5.41) is 9.14. The molecule has 2 aromatic rings. The molecule has 0 unspecified atom stereocenters. The first-order valence-electron chi connectivity index (χ1n) is 4.19. The van der Waals surface area contributed by atoms with E-state index in [2.05, 4.69) is 4.98 Å². The second-order valence-corrected chi connectivity index (χ2v) is 3.14. The van der Waals surface area contributed by atoms with Gasteiger partial charge in [0.25, 0.3) is 0 Å². The van der Waals surface area contributed by atoms with Crippen molar-refractivity contribution >= 4 is 11.6 Å². The third kappa shape index (κ3) is 1.66. The van der Waals surface area contributed by atoms with Gasteiger partial charge in [-0.25, -0.2) is 4.98 Å². The molecular weight excluding hydrogens is 204 g/mol. The summed E-state index contributed by atoms with van der Waals surface area (Å²) in [5.74, 6) is 1.28. The van der Waals surface area contributed by atoms with E-state index in [1.54, 1.807) is 29.1 Å². The predicted octanol–water partition coefficient (Wildman–Crippen LogP) is 1.79. The van der Waals surface area contributed by atoms with Crippen LogP contribution in [0.2, 0.25) is 5.22 Å². The fraction of sp³-hybridized carbons (Fsp3) is 0.222. The number of nitrogens with zero attached hydrogens (tertiary/aromatic N) is 2. The lowest BCUT2D eigenvalue weighted by molar-refractivity contribution is 0.276. The molecular formula is C9H9ClN2O2. The summed E-state index contributed by atoms with van der Waals surface area (Å²) >= 11 is 5.65. The Kier molecular flexibility index (Phi) is 2.56. The Morgan fingerprint density at radius 3 is 3.00 bits per heavy atom. The number of furan rings is 1. The molecule has 0 saturated heterocycles. The van der Waals surface area contributed by atoms with E-state index in [1.165, 1.54) is 0 Å². The molecule has 0 aliphatic heterocycles. The number of rotatable bonds is 3. The number of aromatic nitrogens is 2. The van der Waals surface area contributed by atoms with E-state index >= 15 is 0 Å². The summed E-state index contributed by atoms with van der Waals surface area (Å²) in [7, 11) is 0. The first kappa shape index (κ1) is 9.30. The Hall–Kier alpha value is -1.26. The normalized spacial score (nSPS) is 10.7. The van der Waals surface area contributed by atoms with E-state index in [1.807, 2.05) is 0 Å². The molecule has 0 aliphatic carbocycles. The SMILES string of the molecule is OCCn1ccnc1-c1ccc(Cl)o1. The van der Waals surface area contributed by atoms with Gasteiger partial charge < -0.3 is 14.1 Å². The molecule has 4 nitrogen and oxygen atoms in total. The molecule has 14 heavy (non-hydrogen) atoms. The summed E-state index contributed by atoms with van der Waals surface area (Å²) in [5.41, 5.74) is 0. The first-order chi connectivity index (χ1) is 6.81. The molecule has 2 rings (SSSR count). The van der Waals surface area contributed by atoms with Crippen molar-refractivity contribution in [2.24, 2.45) is 0 Å². The van der Waals surface area contributed by atoms with Gasteiger partial charge in [0.1, 0.15) is 0 Å². The number of aliphatic hydroxyl groups excluding tert-OH is 1. The molecule has 0 bridgehead atoms. The lowest BCUT2D eigenvalue weighted by atomic mass is 10.4. The van der Waals surface area contributed by atoms with Crippen LogP contribution in [0.25, 0.3) is 11.6 Å². The van der Waals surface area contributed by atoms with Gasteiger partial charge in [-0.2, -0.15) is 0 Å². The van der Waals surface area contributed by atoms with Crippen LogP contribution < -0.4 is 0 Å². The molecule has 0 fully saturated rings. The maximum atomic E-state index is 8.81. The lowest BCUT2D eigenvalue weighted by Gasteiger charge is -2.02. The Labute approximate surface area is 85.7 Å². The number of halogens is 1. The van der Waals surface area contributed by atoms with Gasteiger partial charge in [-0.05, 0) is 23.7 Å². The largest absolute Gasteiger partial charge is 0.441 e. The highest BCUT2D eigenvalue weighted by Gasteiger charge is 2.09. The fourth-order valence-corrected chi connectivity index (χ4v) is 1.40. The summed E-state index contributed by atoms with van der Waals surface area (Å²) in [6.45, 7) is 0.561. The van der Waals surface area contributed by atoms with E-state index in [9.17, 15) is 0 Å². The van der Waals surface area contributed by atoms with Crippen LogP contribution >= 0.6 is 11.6 Å². The van der Waals surface area contributed by atoms with E-state index < -0.39 is 0 Å². The van der Waals surface area contributed by atoms with Gasteiger partial charge in [-0.1, -0.05) is 0 Å². The highest BCUT2D eigenvalue weighted by Crippen LogP contribution is 2.22. The lowest BCUT2D eigenvalue weighted by Crippen LogP contribution is -2.02. The van der Waals surface area contributed by atoms with Crippen molar-refractivity contribution < 1.29 is 9.52 Å². The minimum atomic E-state index is 0.0673. The van der Waals surface area contributed by atoms with Gasteiger partial charge in [-0.3, -0.25) is 0 Å². The zero-order chi connectivity index (χ0) is 9.97. The Bertz CT molecular complexity index is 422. The van der Waals surface area contributed by atoms with Crippen LogP contribution in [-0.4, -0.2) is 21.3 Å². The molecule has 0 atom stereocenters. The van der Waals surface area contributed by atoms with Crippen molar-refractivity contribution in [3.8, 4) is 11.6 Å². The maximum Gasteiger partial charge on any atom is 0.194 e.